The molecule has 0 atom stereocenters. The Kier molecular flexibility index (Phi) is 4.23. The highest BCUT2D eigenvalue weighted by atomic mass is 16.5. The van der Waals surface area contributed by atoms with Crippen molar-refractivity contribution in [3.63, 3.8) is 0 Å². The molecule has 0 aliphatic rings. The van der Waals surface area contributed by atoms with Gasteiger partial charge in [-0.2, -0.15) is 0 Å². The maximum absolute atomic E-state index is 11.7. The topological polar surface area (TPSA) is 52.1 Å². The Morgan fingerprint density at radius 1 is 1.11 bits per heavy atom. The summed E-state index contributed by atoms with van der Waals surface area (Å²) in [7, 11) is 0. The lowest BCUT2D eigenvalue weighted by Gasteiger charge is -2.05. The Morgan fingerprint density at radius 2 is 1.95 bits per heavy atom. The molecule has 4 heteroatoms. The van der Waals surface area contributed by atoms with Crippen molar-refractivity contribution in [2.75, 3.05) is 0 Å². The smallest absolute Gasteiger partial charge is 0.312 e. The van der Waals surface area contributed by atoms with Crippen LogP contribution in [0.3, 0.4) is 0 Å². The fourth-order valence-electron chi connectivity index (χ4n) is 1.55. The van der Waals surface area contributed by atoms with E-state index in [1.807, 2.05) is 38.1 Å². The molecule has 0 saturated heterocycles. The quantitative estimate of drug-likeness (QED) is 0.788. The van der Waals surface area contributed by atoms with Gasteiger partial charge in [0.1, 0.15) is 6.61 Å². The molecule has 98 valence electrons. The predicted octanol–water partition coefficient (Wildman–Crippen LogP) is 2.38. The number of hydrogen-bond donors (Lipinski definition) is 0. The highest BCUT2D eigenvalue weighted by molar-refractivity contribution is 5.71. The van der Waals surface area contributed by atoms with Crippen LogP contribution in [-0.2, 0) is 22.6 Å². The van der Waals surface area contributed by atoms with Crippen LogP contribution in [-0.4, -0.2) is 15.9 Å². The third kappa shape index (κ3) is 4.17. The summed E-state index contributed by atoms with van der Waals surface area (Å²) in [5.41, 5.74) is 3.62. The van der Waals surface area contributed by atoms with Crippen molar-refractivity contribution in [2.45, 2.75) is 26.9 Å². The number of carbonyl (C=O) groups is 1. The molecule has 2 aromatic rings. The van der Waals surface area contributed by atoms with E-state index in [0.29, 0.717) is 0 Å². The van der Waals surface area contributed by atoms with Crippen LogP contribution in [0.15, 0.2) is 36.7 Å². The molecule has 0 N–H and O–H groups in total. The first-order valence-corrected chi connectivity index (χ1v) is 6.12. The first-order chi connectivity index (χ1) is 9.13. The molecule has 0 amide bonds. The third-order valence-electron chi connectivity index (χ3n) is 2.67. The van der Waals surface area contributed by atoms with Crippen molar-refractivity contribution in [3.8, 4) is 0 Å². The first-order valence-electron chi connectivity index (χ1n) is 6.12. The average Bonchev–Trinajstić information content (AvgIpc) is 2.41. The number of rotatable bonds is 4. The van der Waals surface area contributed by atoms with Crippen LogP contribution in [0.25, 0.3) is 0 Å². The van der Waals surface area contributed by atoms with E-state index in [-0.39, 0.29) is 19.0 Å². The number of aryl methyl sites for hydroxylation is 2. The summed E-state index contributed by atoms with van der Waals surface area (Å²) >= 11 is 0. The van der Waals surface area contributed by atoms with E-state index in [4.69, 9.17) is 4.74 Å². The number of esters is 1. The van der Waals surface area contributed by atoms with Crippen LogP contribution in [0.5, 0.6) is 0 Å². The van der Waals surface area contributed by atoms with Crippen LogP contribution in [0.1, 0.15) is 22.5 Å². The van der Waals surface area contributed by atoms with Crippen LogP contribution in [0, 0.1) is 13.8 Å². The molecule has 2 aromatic heterocycles. The molecule has 0 aromatic carbocycles. The fourth-order valence-corrected chi connectivity index (χ4v) is 1.55. The van der Waals surface area contributed by atoms with Gasteiger partial charge < -0.3 is 4.74 Å². The molecule has 0 aliphatic heterocycles. The number of hydrogen-bond acceptors (Lipinski definition) is 4. The second-order valence-electron chi connectivity index (χ2n) is 4.47. The van der Waals surface area contributed by atoms with E-state index in [1.54, 1.807) is 12.4 Å². The highest BCUT2D eigenvalue weighted by Gasteiger charge is 2.06. The van der Waals surface area contributed by atoms with Gasteiger partial charge in [-0.05, 0) is 31.5 Å². The summed E-state index contributed by atoms with van der Waals surface area (Å²) in [4.78, 5) is 20.0. The molecular weight excluding hydrogens is 240 g/mol. The van der Waals surface area contributed by atoms with E-state index in [1.165, 1.54) is 0 Å². The summed E-state index contributed by atoms with van der Waals surface area (Å²) in [6.45, 7) is 4.12. The maximum atomic E-state index is 11.7. The molecule has 0 saturated carbocycles. The van der Waals surface area contributed by atoms with Crippen molar-refractivity contribution in [3.05, 3.63) is 59.2 Å². The highest BCUT2D eigenvalue weighted by Crippen LogP contribution is 2.04. The third-order valence-corrected chi connectivity index (χ3v) is 2.67. The first kappa shape index (κ1) is 13.2. The molecule has 0 spiro atoms. The Balaban J connectivity index is 1.84. The van der Waals surface area contributed by atoms with E-state index in [9.17, 15) is 4.79 Å². The van der Waals surface area contributed by atoms with Gasteiger partial charge in [0.05, 0.1) is 12.1 Å². The van der Waals surface area contributed by atoms with Crippen LogP contribution in [0.4, 0.5) is 0 Å². The summed E-state index contributed by atoms with van der Waals surface area (Å²) in [5, 5.41) is 0. The predicted molar refractivity (Wildman–Crippen MR) is 71.4 cm³/mol. The summed E-state index contributed by atoms with van der Waals surface area (Å²) in [6.07, 6.45) is 3.65. The zero-order valence-electron chi connectivity index (χ0n) is 11.1. The van der Waals surface area contributed by atoms with Gasteiger partial charge in [-0.25, -0.2) is 0 Å². The van der Waals surface area contributed by atoms with Crippen molar-refractivity contribution < 1.29 is 9.53 Å². The molecule has 4 nitrogen and oxygen atoms in total. The fraction of sp³-hybridized carbons (Fsp3) is 0.267. The minimum Gasteiger partial charge on any atom is -0.460 e. The molecular formula is C15H16N2O2. The van der Waals surface area contributed by atoms with Crippen molar-refractivity contribution in [2.24, 2.45) is 0 Å². The molecule has 2 heterocycles. The van der Waals surface area contributed by atoms with Gasteiger partial charge in [0.2, 0.25) is 0 Å². The maximum Gasteiger partial charge on any atom is 0.312 e. The lowest BCUT2D eigenvalue weighted by molar-refractivity contribution is -0.144. The van der Waals surface area contributed by atoms with Gasteiger partial charge in [0.15, 0.2) is 0 Å². The molecule has 0 unspecified atom stereocenters. The summed E-state index contributed by atoms with van der Waals surface area (Å²) in [6, 6.07) is 7.56. The van der Waals surface area contributed by atoms with E-state index in [2.05, 4.69) is 9.97 Å². The summed E-state index contributed by atoms with van der Waals surface area (Å²) in [5.74, 6) is -0.281. The van der Waals surface area contributed by atoms with Crippen LogP contribution in [0.2, 0.25) is 0 Å². The van der Waals surface area contributed by atoms with E-state index in [0.717, 1.165) is 22.5 Å². The summed E-state index contributed by atoms with van der Waals surface area (Å²) < 4.78 is 5.18. The minimum atomic E-state index is -0.281. The average molecular weight is 256 g/mol. The Morgan fingerprint density at radius 3 is 2.58 bits per heavy atom. The Labute approximate surface area is 112 Å². The van der Waals surface area contributed by atoms with Gasteiger partial charge in [0, 0.05) is 23.7 Å². The second kappa shape index (κ2) is 6.09. The van der Waals surface area contributed by atoms with Crippen LogP contribution < -0.4 is 0 Å². The van der Waals surface area contributed by atoms with E-state index < -0.39 is 0 Å². The number of carbonyl (C=O) groups excluding carboxylic acids is 1. The zero-order valence-corrected chi connectivity index (χ0v) is 11.1. The van der Waals surface area contributed by atoms with Gasteiger partial charge in [-0.1, -0.05) is 12.1 Å². The largest absolute Gasteiger partial charge is 0.460 e. The van der Waals surface area contributed by atoms with Gasteiger partial charge in [0.25, 0.3) is 0 Å². The number of ether oxygens (including phenoxy) is 1. The zero-order chi connectivity index (χ0) is 13.7. The van der Waals surface area contributed by atoms with Gasteiger partial charge >= 0.3 is 5.97 Å². The van der Waals surface area contributed by atoms with Gasteiger partial charge in [-0.15, -0.1) is 0 Å². The number of nitrogens with zero attached hydrogens (tertiary/aromatic N) is 2. The lowest BCUT2D eigenvalue weighted by Crippen LogP contribution is -2.09. The number of pyridine rings is 2. The normalized spacial score (nSPS) is 10.2. The SMILES string of the molecule is Cc1ccc(CC(=O)OCc2ccc(C)nc2)nc1. The Hall–Kier alpha value is -2.23. The van der Waals surface area contributed by atoms with Gasteiger partial charge in [-0.3, -0.25) is 14.8 Å². The van der Waals surface area contributed by atoms with Crippen LogP contribution >= 0.6 is 0 Å². The van der Waals surface area contributed by atoms with Crippen molar-refractivity contribution in [1.29, 1.82) is 0 Å². The molecule has 0 fully saturated rings. The lowest BCUT2D eigenvalue weighted by atomic mass is 10.2. The van der Waals surface area contributed by atoms with E-state index >= 15 is 0 Å². The number of aromatic nitrogens is 2. The molecule has 0 radical (unpaired) electrons. The molecule has 19 heavy (non-hydrogen) atoms. The van der Waals surface area contributed by atoms with Crippen molar-refractivity contribution >= 4 is 5.97 Å². The molecule has 2 rings (SSSR count). The second-order valence-corrected chi connectivity index (χ2v) is 4.47. The molecule has 0 bridgehead atoms. The van der Waals surface area contributed by atoms with Crippen molar-refractivity contribution in [1.82, 2.24) is 9.97 Å². The molecule has 0 aliphatic carbocycles. The Bertz CT molecular complexity index is 547. The monoisotopic (exact) mass is 256 g/mol. The minimum absolute atomic E-state index is 0.194. The standard InChI is InChI=1S/C15H16N2O2/c1-11-3-6-14(17-8-11)7-15(18)19-10-13-5-4-12(2)16-9-13/h3-6,8-9H,7,10H2,1-2H3.